The van der Waals surface area contributed by atoms with Crippen molar-refractivity contribution in [3.63, 3.8) is 0 Å². The quantitative estimate of drug-likeness (QED) is 0.680. The second-order valence-electron chi connectivity index (χ2n) is 6.97. The topological polar surface area (TPSA) is 75.4 Å². The monoisotopic (exact) mass is 425 g/mol. The van der Waals surface area contributed by atoms with Gasteiger partial charge in [0, 0.05) is 24.1 Å². The van der Waals surface area contributed by atoms with E-state index in [0.717, 1.165) is 5.56 Å². The van der Waals surface area contributed by atoms with Crippen LogP contribution in [0.5, 0.6) is 0 Å². The van der Waals surface area contributed by atoms with E-state index in [2.05, 4.69) is 5.10 Å². The van der Waals surface area contributed by atoms with E-state index in [-0.39, 0.29) is 30.5 Å². The van der Waals surface area contributed by atoms with Crippen molar-refractivity contribution in [2.24, 2.45) is 0 Å². The molecule has 0 atom stereocenters. The van der Waals surface area contributed by atoms with Gasteiger partial charge in [-0.2, -0.15) is 5.10 Å². The van der Waals surface area contributed by atoms with Crippen LogP contribution in [0, 0.1) is 5.82 Å². The molecule has 3 aromatic rings. The zero-order valence-corrected chi connectivity index (χ0v) is 16.7. The number of carboxylic acids is 1. The third-order valence-electron chi connectivity index (χ3n) is 4.93. The van der Waals surface area contributed by atoms with E-state index < -0.39 is 5.97 Å². The molecule has 0 unspecified atom stereocenters. The lowest BCUT2D eigenvalue weighted by Gasteiger charge is -2.29. The van der Waals surface area contributed by atoms with E-state index in [0.29, 0.717) is 27.5 Å². The summed E-state index contributed by atoms with van der Waals surface area (Å²) >= 11 is 5.99. The molecule has 2 heterocycles. The van der Waals surface area contributed by atoms with Gasteiger partial charge in [0.25, 0.3) is 0 Å². The molecule has 0 fully saturated rings. The van der Waals surface area contributed by atoms with E-state index in [1.807, 2.05) is 6.08 Å². The van der Waals surface area contributed by atoms with Crippen molar-refractivity contribution < 1.29 is 19.1 Å². The fraction of sp³-hybridized carbons (Fsp3) is 0.136. The Morgan fingerprint density at radius 2 is 1.77 bits per heavy atom. The van der Waals surface area contributed by atoms with Crippen molar-refractivity contribution in [2.45, 2.75) is 13.5 Å². The lowest BCUT2D eigenvalue weighted by atomic mass is 9.97. The number of carbonyl (C=O) groups is 2. The van der Waals surface area contributed by atoms with Gasteiger partial charge in [-0.05, 0) is 53.6 Å². The van der Waals surface area contributed by atoms with Crippen LogP contribution in [0.1, 0.15) is 34.2 Å². The Morgan fingerprint density at radius 3 is 2.37 bits per heavy atom. The van der Waals surface area contributed by atoms with Crippen LogP contribution in [0.3, 0.4) is 0 Å². The molecule has 0 saturated heterocycles. The van der Waals surface area contributed by atoms with Crippen molar-refractivity contribution >= 4 is 35.1 Å². The molecule has 0 bridgehead atoms. The maximum Gasteiger partial charge on any atom is 0.356 e. The number of carboxylic acid groups (broad SMARTS) is 1. The minimum atomic E-state index is -1.18. The van der Waals surface area contributed by atoms with Gasteiger partial charge in [0.05, 0.1) is 17.9 Å². The fourth-order valence-corrected chi connectivity index (χ4v) is 3.62. The molecule has 0 aliphatic carbocycles. The summed E-state index contributed by atoms with van der Waals surface area (Å²) in [6, 6.07) is 12.8. The van der Waals surface area contributed by atoms with E-state index in [4.69, 9.17) is 11.6 Å². The van der Waals surface area contributed by atoms with Gasteiger partial charge in [-0.15, -0.1) is 0 Å². The van der Waals surface area contributed by atoms with Crippen LogP contribution in [0.15, 0.2) is 48.5 Å². The van der Waals surface area contributed by atoms with E-state index in [1.54, 1.807) is 46.0 Å². The normalized spacial score (nSPS) is 14.6. The molecule has 1 aliphatic rings. The van der Waals surface area contributed by atoms with Crippen LogP contribution in [0.2, 0.25) is 5.02 Å². The average Bonchev–Trinajstić information content (AvgIpc) is 3.10. The van der Waals surface area contributed by atoms with Crippen LogP contribution in [0.25, 0.3) is 17.3 Å². The maximum atomic E-state index is 13.3. The molecule has 1 amide bonds. The van der Waals surface area contributed by atoms with Crippen LogP contribution >= 0.6 is 11.6 Å². The van der Waals surface area contributed by atoms with Gasteiger partial charge in [0.2, 0.25) is 5.91 Å². The van der Waals surface area contributed by atoms with Crippen molar-refractivity contribution in [2.75, 3.05) is 6.54 Å². The van der Waals surface area contributed by atoms with Crippen molar-refractivity contribution in [3.8, 4) is 5.69 Å². The van der Waals surface area contributed by atoms with E-state index >= 15 is 0 Å². The molecule has 152 valence electrons. The summed E-state index contributed by atoms with van der Waals surface area (Å²) in [5, 5.41) is 14.6. The first kappa shape index (κ1) is 19.8. The molecule has 4 rings (SSSR count). The molecule has 2 aromatic carbocycles. The number of amides is 1. The number of rotatable bonds is 3. The minimum Gasteiger partial charge on any atom is -0.476 e. The lowest BCUT2D eigenvalue weighted by molar-refractivity contribution is -0.128. The van der Waals surface area contributed by atoms with Gasteiger partial charge in [0.15, 0.2) is 5.69 Å². The van der Waals surface area contributed by atoms with Crippen molar-refractivity contribution in [1.29, 1.82) is 0 Å². The molecule has 30 heavy (non-hydrogen) atoms. The molecule has 0 spiro atoms. The van der Waals surface area contributed by atoms with Gasteiger partial charge < -0.3 is 10.0 Å². The van der Waals surface area contributed by atoms with Crippen molar-refractivity contribution in [1.82, 2.24) is 14.7 Å². The summed E-state index contributed by atoms with van der Waals surface area (Å²) < 4.78 is 14.9. The minimum absolute atomic E-state index is 0.115. The summed E-state index contributed by atoms with van der Waals surface area (Å²) in [4.78, 5) is 25.5. The highest BCUT2D eigenvalue weighted by Crippen LogP contribution is 2.34. The molecule has 0 saturated carbocycles. The summed E-state index contributed by atoms with van der Waals surface area (Å²) in [6.07, 6.45) is 1.81. The first-order chi connectivity index (χ1) is 14.3. The number of benzene rings is 2. The Morgan fingerprint density at radius 1 is 1.10 bits per heavy atom. The highest BCUT2D eigenvalue weighted by atomic mass is 35.5. The van der Waals surface area contributed by atoms with Crippen molar-refractivity contribution in [3.05, 3.63) is 81.9 Å². The second kappa shape index (κ2) is 7.76. The predicted octanol–water partition coefficient (Wildman–Crippen LogP) is 4.27. The second-order valence-corrected chi connectivity index (χ2v) is 7.40. The number of halogens is 2. The average molecular weight is 426 g/mol. The number of aromatic nitrogens is 2. The van der Waals surface area contributed by atoms with Crippen LogP contribution < -0.4 is 0 Å². The third-order valence-corrected chi connectivity index (χ3v) is 5.18. The SMILES string of the molecule is CC(=O)N1C/C(=C\c2ccc(F)cc2)c2c(c(C(=O)O)nn2-c2ccc(Cl)cc2)C1. The molecule has 1 aliphatic heterocycles. The highest BCUT2D eigenvalue weighted by Gasteiger charge is 2.32. The third kappa shape index (κ3) is 3.71. The molecule has 1 N–H and O–H groups in total. The molecular weight excluding hydrogens is 409 g/mol. The first-order valence-electron chi connectivity index (χ1n) is 9.16. The zero-order valence-electron chi connectivity index (χ0n) is 16.0. The van der Waals surface area contributed by atoms with Gasteiger partial charge in [-0.3, -0.25) is 4.79 Å². The number of nitrogens with zero attached hydrogens (tertiary/aromatic N) is 3. The molecule has 8 heteroatoms. The Balaban J connectivity index is 1.95. The number of hydrogen-bond donors (Lipinski definition) is 1. The molecular formula is C22H17ClFN3O3. The van der Waals surface area contributed by atoms with Crippen LogP contribution in [-0.4, -0.2) is 38.2 Å². The molecule has 6 nitrogen and oxygen atoms in total. The number of carbonyl (C=O) groups excluding carboxylic acids is 1. The molecule has 0 radical (unpaired) electrons. The van der Waals surface area contributed by atoms with E-state index in [9.17, 15) is 19.1 Å². The number of fused-ring (bicyclic) bond motifs is 1. The standard InChI is InChI=1S/C22H17ClFN3O3/c1-13(28)26-11-15(10-14-2-6-17(24)7-3-14)21-19(12-26)20(22(29)30)25-27(21)18-8-4-16(23)5-9-18/h2-10H,11-12H2,1H3,(H,29,30)/b15-10+. The summed E-state index contributed by atoms with van der Waals surface area (Å²) in [6.45, 7) is 1.85. The van der Waals surface area contributed by atoms with Crippen LogP contribution in [-0.2, 0) is 11.3 Å². The summed E-state index contributed by atoms with van der Waals surface area (Å²) in [5.41, 5.74) is 3.01. The Labute approximate surface area is 176 Å². The van der Waals surface area contributed by atoms with Gasteiger partial charge in [0.1, 0.15) is 5.82 Å². The Kier molecular flexibility index (Phi) is 5.13. The van der Waals surface area contributed by atoms with Gasteiger partial charge >= 0.3 is 5.97 Å². The zero-order chi connectivity index (χ0) is 21.4. The largest absolute Gasteiger partial charge is 0.476 e. The van der Waals surface area contributed by atoms with Crippen LogP contribution in [0.4, 0.5) is 4.39 Å². The van der Waals surface area contributed by atoms with Gasteiger partial charge in [-0.1, -0.05) is 23.7 Å². The first-order valence-corrected chi connectivity index (χ1v) is 9.54. The van der Waals surface area contributed by atoms with E-state index in [1.165, 1.54) is 19.1 Å². The predicted molar refractivity (Wildman–Crippen MR) is 111 cm³/mol. The summed E-state index contributed by atoms with van der Waals surface area (Å²) in [5.74, 6) is -1.71. The Hall–Kier alpha value is -3.45. The van der Waals surface area contributed by atoms with Gasteiger partial charge in [-0.25, -0.2) is 13.9 Å². The highest BCUT2D eigenvalue weighted by molar-refractivity contribution is 6.30. The smallest absolute Gasteiger partial charge is 0.356 e. The lowest BCUT2D eigenvalue weighted by Crippen LogP contribution is -2.34. The summed E-state index contributed by atoms with van der Waals surface area (Å²) in [7, 11) is 0. The number of hydrogen-bond acceptors (Lipinski definition) is 3. The maximum absolute atomic E-state index is 13.3. The Bertz CT molecular complexity index is 1170. The fourth-order valence-electron chi connectivity index (χ4n) is 3.50. The molecule has 1 aromatic heterocycles. The number of aromatic carboxylic acids is 1.